The minimum atomic E-state index is -2.64. The molecule has 11 heteroatoms. The lowest BCUT2D eigenvalue weighted by atomic mass is 9.85. The number of aliphatic hydroxyl groups excluding tert-OH is 3. The van der Waals surface area contributed by atoms with Crippen molar-refractivity contribution in [3.63, 3.8) is 0 Å². The molecule has 3 saturated heterocycles. The average molecular weight is 535 g/mol. The quantitative estimate of drug-likeness (QED) is 0.336. The van der Waals surface area contributed by atoms with Crippen LogP contribution in [-0.4, -0.2) is 94.1 Å². The van der Waals surface area contributed by atoms with Gasteiger partial charge in [-0.25, -0.2) is 8.78 Å². The summed E-state index contributed by atoms with van der Waals surface area (Å²) in [7, 11) is 0. The number of allylic oxidation sites excluding steroid dienone is 1. The predicted molar refractivity (Wildman–Crippen MR) is 132 cm³/mol. The van der Waals surface area contributed by atoms with Crippen molar-refractivity contribution in [3.05, 3.63) is 12.2 Å². The fourth-order valence-electron chi connectivity index (χ4n) is 6.00. The molecule has 0 unspecified atom stereocenters. The normalized spacial score (nSPS) is 43.8. The topological polar surface area (TPSA) is 120 Å². The molecule has 11 atom stereocenters. The highest BCUT2D eigenvalue weighted by atomic mass is 32.2. The van der Waals surface area contributed by atoms with Gasteiger partial charge in [0.05, 0.1) is 17.4 Å². The molecule has 5 N–H and O–H groups in total. The third kappa shape index (κ3) is 6.42. The Morgan fingerprint density at radius 1 is 1.14 bits per heavy atom. The van der Waals surface area contributed by atoms with Crippen LogP contribution in [0.3, 0.4) is 0 Å². The van der Waals surface area contributed by atoms with E-state index >= 15 is 0 Å². The summed E-state index contributed by atoms with van der Waals surface area (Å²) in [5.74, 6) is 1.12. The highest BCUT2D eigenvalue weighted by molar-refractivity contribution is 8.00. The van der Waals surface area contributed by atoms with Crippen LogP contribution in [0.25, 0.3) is 0 Å². The second kappa shape index (κ2) is 12.4. The molecule has 206 valence electrons. The Morgan fingerprint density at radius 3 is 2.61 bits per heavy atom. The number of ether oxygens (including phenoxy) is 2. The van der Waals surface area contributed by atoms with Gasteiger partial charge in [-0.3, -0.25) is 4.79 Å². The number of rotatable bonds is 5. The lowest BCUT2D eigenvalue weighted by molar-refractivity contribution is -0.205. The Morgan fingerprint density at radius 2 is 1.89 bits per heavy atom. The summed E-state index contributed by atoms with van der Waals surface area (Å²) in [4.78, 5) is 13.4. The molecule has 4 heterocycles. The van der Waals surface area contributed by atoms with Crippen molar-refractivity contribution in [3.8, 4) is 0 Å². The van der Waals surface area contributed by atoms with Gasteiger partial charge in [0.25, 0.3) is 6.43 Å². The van der Waals surface area contributed by atoms with E-state index in [0.29, 0.717) is 25.0 Å². The molecule has 0 radical (unpaired) electrons. The van der Waals surface area contributed by atoms with Crippen molar-refractivity contribution < 1.29 is 38.4 Å². The van der Waals surface area contributed by atoms with E-state index in [1.807, 2.05) is 0 Å². The number of thioether (sulfide) groups is 1. The zero-order chi connectivity index (χ0) is 26.0. The van der Waals surface area contributed by atoms with E-state index < -0.39 is 53.6 Å². The first-order chi connectivity index (χ1) is 17.2. The molecule has 0 aliphatic carbocycles. The molecule has 2 bridgehead atoms. The van der Waals surface area contributed by atoms with Gasteiger partial charge in [-0.1, -0.05) is 26.0 Å². The van der Waals surface area contributed by atoms with Crippen LogP contribution >= 0.6 is 11.8 Å². The second-order valence-electron chi connectivity index (χ2n) is 11.0. The van der Waals surface area contributed by atoms with E-state index in [1.165, 1.54) is 0 Å². The van der Waals surface area contributed by atoms with Crippen molar-refractivity contribution in [2.24, 2.45) is 17.8 Å². The van der Waals surface area contributed by atoms with Crippen LogP contribution < -0.4 is 10.6 Å². The molecule has 0 aromatic rings. The van der Waals surface area contributed by atoms with E-state index in [4.69, 9.17) is 9.47 Å². The standard InChI is InChI=1S/C25H40F2N2O6S/c1-12(2)9-13-7-8-34-21-14(10-13)11-28-17(21)24(33)29-15-5-3-4-6-16(23(26)27)36-25-20(32)18(30)19(31)22(15)35-25/h3-4,12-23,25,28,30-32H,5-11H2,1-2H3,(H,29,33)/t13-,14-,15+,16-,17-,18-,19+,20+,21+,22+,25+/m0/s1. The van der Waals surface area contributed by atoms with Gasteiger partial charge in [0, 0.05) is 13.2 Å². The van der Waals surface area contributed by atoms with Crippen molar-refractivity contribution in [2.75, 3.05) is 13.2 Å². The first kappa shape index (κ1) is 28.2. The number of halogens is 2. The number of amides is 1. The molecule has 4 aliphatic heterocycles. The molecule has 0 spiro atoms. The van der Waals surface area contributed by atoms with E-state index in [-0.39, 0.29) is 30.8 Å². The zero-order valence-corrected chi connectivity index (χ0v) is 21.7. The zero-order valence-electron chi connectivity index (χ0n) is 20.8. The van der Waals surface area contributed by atoms with Gasteiger partial charge in [-0.15, -0.1) is 11.8 Å². The number of hydrogen-bond acceptors (Lipinski definition) is 8. The summed E-state index contributed by atoms with van der Waals surface area (Å²) in [6.45, 7) is 5.72. The molecule has 8 nitrogen and oxygen atoms in total. The Bertz CT molecular complexity index is 777. The number of alkyl halides is 2. The lowest BCUT2D eigenvalue weighted by Gasteiger charge is -2.44. The number of hydrogen-bond donors (Lipinski definition) is 5. The van der Waals surface area contributed by atoms with Crippen LogP contribution in [0.1, 0.15) is 46.0 Å². The van der Waals surface area contributed by atoms with Crippen LogP contribution in [-0.2, 0) is 14.3 Å². The SMILES string of the molecule is CC(C)C[C@@H]1CCO[C@@H]2[C@H](CN[C@@H]2C(=O)N[C@@H]2CC=CC[C@@H](C(F)F)S[C@H]3O[C@H]2[C@H](O)[C@H](O)[C@H]3O)C1. The van der Waals surface area contributed by atoms with Crippen molar-refractivity contribution in [2.45, 2.75) is 106 Å². The molecule has 4 aliphatic rings. The fraction of sp³-hybridized carbons (Fsp3) is 0.880. The molecule has 0 saturated carbocycles. The highest BCUT2D eigenvalue weighted by Gasteiger charge is 2.49. The monoisotopic (exact) mass is 534 g/mol. The Balaban J connectivity index is 1.47. The molecule has 0 aromatic carbocycles. The maximum absolute atomic E-state index is 13.5. The number of nitrogens with one attached hydrogen (secondary N) is 2. The smallest absolute Gasteiger partial charge is 0.250 e. The van der Waals surface area contributed by atoms with Crippen molar-refractivity contribution >= 4 is 17.7 Å². The van der Waals surface area contributed by atoms with Crippen molar-refractivity contribution in [1.82, 2.24) is 10.6 Å². The number of fused-ring (bicyclic) bond motifs is 3. The minimum Gasteiger partial charge on any atom is -0.388 e. The van der Waals surface area contributed by atoms with Gasteiger partial charge in [0.1, 0.15) is 35.9 Å². The largest absolute Gasteiger partial charge is 0.388 e. The van der Waals surface area contributed by atoms with Gasteiger partial charge < -0.3 is 35.4 Å². The van der Waals surface area contributed by atoms with Crippen LogP contribution in [0, 0.1) is 17.8 Å². The Labute approximate surface area is 215 Å². The van der Waals surface area contributed by atoms with Crippen LogP contribution in [0.15, 0.2) is 12.2 Å². The first-order valence-electron chi connectivity index (χ1n) is 13.1. The molecular formula is C25H40F2N2O6S. The van der Waals surface area contributed by atoms with Gasteiger partial charge in [-0.05, 0) is 49.9 Å². The van der Waals surface area contributed by atoms with Gasteiger partial charge >= 0.3 is 0 Å². The molecule has 1 amide bonds. The summed E-state index contributed by atoms with van der Waals surface area (Å²) in [5, 5.41) is 36.6. The maximum Gasteiger partial charge on any atom is 0.250 e. The molecule has 36 heavy (non-hydrogen) atoms. The Hall–Kier alpha value is -0.820. The third-order valence-electron chi connectivity index (χ3n) is 7.80. The summed E-state index contributed by atoms with van der Waals surface area (Å²) in [6, 6.07) is -1.28. The third-order valence-corrected chi connectivity index (χ3v) is 9.20. The fourth-order valence-corrected chi connectivity index (χ4v) is 7.20. The maximum atomic E-state index is 13.5. The summed E-state index contributed by atoms with van der Waals surface area (Å²) in [6.07, 6.45) is -1.86. The molecule has 4 rings (SSSR count). The van der Waals surface area contributed by atoms with Gasteiger partial charge in [0.15, 0.2) is 0 Å². The van der Waals surface area contributed by atoms with Gasteiger partial charge in [0.2, 0.25) is 5.91 Å². The van der Waals surface area contributed by atoms with Crippen molar-refractivity contribution in [1.29, 1.82) is 0 Å². The van der Waals surface area contributed by atoms with Crippen LogP contribution in [0.2, 0.25) is 0 Å². The molecule has 3 fully saturated rings. The second-order valence-corrected chi connectivity index (χ2v) is 12.4. The Kier molecular flexibility index (Phi) is 9.68. The molecule has 0 aromatic heterocycles. The van der Waals surface area contributed by atoms with E-state index in [1.54, 1.807) is 12.2 Å². The predicted octanol–water partition coefficient (Wildman–Crippen LogP) is 1.42. The van der Waals surface area contributed by atoms with Crippen LogP contribution in [0.5, 0.6) is 0 Å². The van der Waals surface area contributed by atoms with Gasteiger partial charge in [-0.2, -0.15) is 0 Å². The average Bonchev–Trinajstić information content (AvgIpc) is 3.11. The van der Waals surface area contributed by atoms with Crippen LogP contribution in [0.4, 0.5) is 8.78 Å². The molecular weight excluding hydrogens is 494 g/mol. The van der Waals surface area contributed by atoms with E-state index in [0.717, 1.165) is 31.0 Å². The lowest BCUT2D eigenvalue weighted by Crippen LogP contribution is -2.64. The van der Waals surface area contributed by atoms with E-state index in [2.05, 4.69) is 24.5 Å². The first-order valence-corrected chi connectivity index (χ1v) is 14.0. The van der Waals surface area contributed by atoms with E-state index in [9.17, 15) is 28.9 Å². The summed E-state index contributed by atoms with van der Waals surface area (Å²) < 4.78 is 39.0. The summed E-state index contributed by atoms with van der Waals surface area (Å²) >= 11 is 0.743. The summed E-state index contributed by atoms with van der Waals surface area (Å²) in [5.41, 5.74) is -1.16. The number of aliphatic hydroxyl groups is 3. The minimum absolute atomic E-state index is 0.0538. The number of carbonyl (C=O) groups excluding carboxylic acids is 1. The highest BCUT2D eigenvalue weighted by Crippen LogP contribution is 2.37. The number of carbonyl (C=O) groups is 1.